The van der Waals surface area contributed by atoms with Gasteiger partial charge in [-0.3, -0.25) is 4.79 Å². The Morgan fingerprint density at radius 2 is 1.79 bits per heavy atom. The van der Waals surface area contributed by atoms with Gasteiger partial charge in [0, 0.05) is 12.0 Å². The van der Waals surface area contributed by atoms with Gasteiger partial charge < -0.3 is 15.2 Å². The second kappa shape index (κ2) is 7.86. The fourth-order valence-corrected chi connectivity index (χ4v) is 2.71. The van der Waals surface area contributed by atoms with E-state index in [-0.39, 0.29) is 17.2 Å². The average Bonchev–Trinajstić information content (AvgIpc) is 2.54. The van der Waals surface area contributed by atoms with E-state index in [0.717, 1.165) is 23.3 Å². The van der Waals surface area contributed by atoms with Crippen molar-refractivity contribution in [2.45, 2.75) is 38.6 Å². The summed E-state index contributed by atoms with van der Waals surface area (Å²) >= 11 is 0. The Kier molecular flexibility index (Phi) is 5.85. The van der Waals surface area contributed by atoms with Gasteiger partial charge in [-0.2, -0.15) is 0 Å². The lowest BCUT2D eigenvalue weighted by Gasteiger charge is -2.26. The minimum absolute atomic E-state index is 0.0169. The first-order valence-electron chi connectivity index (χ1n) is 8.10. The highest BCUT2D eigenvalue weighted by Gasteiger charge is 2.21. The van der Waals surface area contributed by atoms with Crippen LogP contribution in [0.2, 0.25) is 0 Å². The summed E-state index contributed by atoms with van der Waals surface area (Å²) in [7, 11) is 1.64. The van der Waals surface area contributed by atoms with Gasteiger partial charge in [0.05, 0.1) is 7.11 Å². The molecule has 0 bridgehead atoms. The van der Waals surface area contributed by atoms with E-state index in [1.807, 2.05) is 50.2 Å². The summed E-state index contributed by atoms with van der Waals surface area (Å²) in [5.41, 5.74) is 1.59. The fraction of sp³-hybridized carbons (Fsp3) is 0.350. The zero-order valence-electron chi connectivity index (χ0n) is 14.5. The molecule has 0 fully saturated rings. The number of ether oxygens (including phenoxy) is 1. The molecule has 0 spiro atoms. The molecule has 4 nitrogen and oxygen atoms in total. The zero-order chi connectivity index (χ0) is 17.6. The van der Waals surface area contributed by atoms with Crippen molar-refractivity contribution in [3.05, 3.63) is 59.7 Å². The van der Waals surface area contributed by atoms with Gasteiger partial charge in [-0.1, -0.05) is 30.3 Å². The van der Waals surface area contributed by atoms with Crippen molar-refractivity contribution in [3.8, 4) is 11.5 Å². The minimum Gasteiger partial charge on any atom is -0.508 e. The summed E-state index contributed by atoms with van der Waals surface area (Å²) in [5.74, 6) is 1.04. The standard InChI is InChI=1S/C20H25NO3/c1-20(2,14-15-8-11-17(24-3)12-9-15)21-19(23)13-10-16-6-4-5-7-18(16)22/h4-9,11-12,22H,10,13-14H2,1-3H3,(H,21,23). The first-order chi connectivity index (χ1) is 11.4. The van der Waals surface area contributed by atoms with Crippen LogP contribution in [0.1, 0.15) is 31.4 Å². The molecule has 4 heteroatoms. The molecular formula is C20H25NO3. The van der Waals surface area contributed by atoms with Crippen molar-refractivity contribution in [1.29, 1.82) is 0 Å². The minimum atomic E-state index is -0.343. The Morgan fingerprint density at radius 1 is 1.12 bits per heavy atom. The number of benzene rings is 2. The number of para-hydroxylation sites is 1. The number of carbonyl (C=O) groups excluding carboxylic acids is 1. The van der Waals surface area contributed by atoms with Crippen LogP contribution in [0.3, 0.4) is 0 Å². The van der Waals surface area contributed by atoms with Crippen LogP contribution in [-0.4, -0.2) is 23.7 Å². The van der Waals surface area contributed by atoms with Crippen molar-refractivity contribution in [3.63, 3.8) is 0 Å². The second-order valence-corrected chi connectivity index (χ2v) is 6.59. The van der Waals surface area contributed by atoms with E-state index in [4.69, 9.17) is 4.74 Å². The number of rotatable bonds is 7. The van der Waals surface area contributed by atoms with E-state index in [2.05, 4.69) is 5.32 Å². The van der Waals surface area contributed by atoms with Crippen LogP contribution in [0.25, 0.3) is 0 Å². The number of nitrogens with one attached hydrogen (secondary N) is 1. The molecule has 0 atom stereocenters. The van der Waals surface area contributed by atoms with Crippen LogP contribution in [0.4, 0.5) is 0 Å². The molecule has 0 heterocycles. The van der Waals surface area contributed by atoms with Gasteiger partial charge in [-0.15, -0.1) is 0 Å². The summed E-state index contributed by atoms with van der Waals surface area (Å²) in [6, 6.07) is 15.0. The molecule has 2 aromatic rings. The third-order valence-corrected chi connectivity index (χ3v) is 3.90. The molecule has 0 aliphatic rings. The number of hydrogen-bond donors (Lipinski definition) is 2. The Morgan fingerprint density at radius 3 is 2.42 bits per heavy atom. The lowest BCUT2D eigenvalue weighted by atomic mass is 9.94. The molecule has 2 N–H and O–H groups in total. The number of methoxy groups -OCH3 is 1. The van der Waals surface area contributed by atoms with Crippen molar-refractivity contribution in [2.75, 3.05) is 7.11 Å². The van der Waals surface area contributed by atoms with Gasteiger partial charge in [0.25, 0.3) is 0 Å². The molecule has 128 valence electrons. The van der Waals surface area contributed by atoms with Crippen molar-refractivity contribution in [1.82, 2.24) is 5.32 Å². The smallest absolute Gasteiger partial charge is 0.220 e. The third-order valence-electron chi connectivity index (χ3n) is 3.90. The maximum atomic E-state index is 12.2. The molecule has 24 heavy (non-hydrogen) atoms. The largest absolute Gasteiger partial charge is 0.508 e. The number of amides is 1. The molecule has 0 aromatic heterocycles. The van der Waals surface area contributed by atoms with Crippen LogP contribution in [0, 0.1) is 0 Å². The molecule has 0 saturated carbocycles. The van der Waals surface area contributed by atoms with Crippen LogP contribution >= 0.6 is 0 Å². The van der Waals surface area contributed by atoms with E-state index in [9.17, 15) is 9.90 Å². The maximum absolute atomic E-state index is 12.2. The van der Waals surface area contributed by atoms with Crippen LogP contribution in [0.5, 0.6) is 11.5 Å². The fourth-order valence-electron chi connectivity index (χ4n) is 2.71. The van der Waals surface area contributed by atoms with E-state index in [0.29, 0.717) is 12.8 Å². The highest BCUT2D eigenvalue weighted by Crippen LogP contribution is 2.19. The number of phenolic OH excluding ortho intramolecular Hbond substituents is 1. The molecule has 1 amide bonds. The van der Waals surface area contributed by atoms with Crippen LogP contribution in [0.15, 0.2) is 48.5 Å². The summed E-state index contributed by atoms with van der Waals surface area (Å²) < 4.78 is 5.16. The highest BCUT2D eigenvalue weighted by atomic mass is 16.5. The summed E-state index contributed by atoms with van der Waals surface area (Å²) in [5, 5.41) is 12.8. The van der Waals surface area contributed by atoms with Gasteiger partial charge in [-0.05, 0) is 56.0 Å². The topological polar surface area (TPSA) is 58.6 Å². The Labute approximate surface area is 143 Å². The quantitative estimate of drug-likeness (QED) is 0.818. The van der Waals surface area contributed by atoms with Gasteiger partial charge in [0.1, 0.15) is 11.5 Å². The summed E-state index contributed by atoms with van der Waals surface area (Å²) in [4.78, 5) is 12.2. The lowest BCUT2D eigenvalue weighted by Crippen LogP contribution is -2.45. The molecule has 2 rings (SSSR count). The molecule has 0 aliphatic carbocycles. The van der Waals surface area contributed by atoms with E-state index in [1.54, 1.807) is 19.2 Å². The first kappa shape index (κ1) is 17.9. The number of phenols is 1. The van der Waals surface area contributed by atoms with E-state index >= 15 is 0 Å². The second-order valence-electron chi connectivity index (χ2n) is 6.59. The van der Waals surface area contributed by atoms with Gasteiger partial charge >= 0.3 is 0 Å². The zero-order valence-corrected chi connectivity index (χ0v) is 14.5. The van der Waals surface area contributed by atoms with Crippen LogP contribution < -0.4 is 10.1 Å². The normalized spacial score (nSPS) is 11.1. The maximum Gasteiger partial charge on any atom is 0.220 e. The Bertz CT molecular complexity index is 678. The third kappa shape index (κ3) is 5.30. The van der Waals surface area contributed by atoms with Crippen molar-refractivity contribution in [2.24, 2.45) is 0 Å². The van der Waals surface area contributed by atoms with Crippen LogP contribution in [-0.2, 0) is 17.6 Å². The summed E-state index contributed by atoms with van der Waals surface area (Å²) in [6.07, 6.45) is 1.61. The van der Waals surface area contributed by atoms with Gasteiger partial charge in [0.2, 0.25) is 5.91 Å². The molecule has 0 aliphatic heterocycles. The number of hydrogen-bond acceptors (Lipinski definition) is 3. The van der Waals surface area contributed by atoms with Crippen molar-refractivity contribution < 1.29 is 14.6 Å². The van der Waals surface area contributed by atoms with Gasteiger partial charge in [-0.25, -0.2) is 0 Å². The van der Waals surface area contributed by atoms with Gasteiger partial charge in [0.15, 0.2) is 0 Å². The monoisotopic (exact) mass is 327 g/mol. The highest BCUT2D eigenvalue weighted by molar-refractivity contribution is 5.77. The first-order valence-corrected chi connectivity index (χ1v) is 8.10. The molecule has 0 saturated heterocycles. The summed E-state index contributed by atoms with van der Waals surface area (Å²) in [6.45, 7) is 4.02. The molecular weight excluding hydrogens is 302 g/mol. The average molecular weight is 327 g/mol. The Balaban J connectivity index is 1.88. The van der Waals surface area contributed by atoms with E-state index in [1.165, 1.54) is 0 Å². The predicted molar refractivity (Wildman–Crippen MR) is 95.3 cm³/mol. The number of aromatic hydroxyl groups is 1. The van der Waals surface area contributed by atoms with Crippen molar-refractivity contribution >= 4 is 5.91 Å². The predicted octanol–water partition coefficient (Wildman–Crippen LogP) is 3.47. The van der Waals surface area contributed by atoms with E-state index < -0.39 is 0 Å². The number of carbonyl (C=O) groups is 1. The number of aryl methyl sites for hydroxylation is 1. The molecule has 0 radical (unpaired) electrons. The molecule has 0 unspecified atom stereocenters. The Hall–Kier alpha value is -2.49. The SMILES string of the molecule is COc1ccc(CC(C)(C)NC(=O)CCc2ccccc2O)cc1. The lowest BCUT2D eigenvalue weighted by molar-refractivity contribution is -0.122. The molecule has 2 aromatic carbocycles.